The molecule has 1 aliphatic carbocycles. The summed E-state index contributed by atoms with van der Waals surface area (Å²) in [4.78, 5) is 19.2. The lowest BCUT2D eigenvalue weighted by molar-refractivity contribution is -0.0113. The molecule has 4 bridgehead atoms. The van der Waals surface area contributed by atoms with Crippen molar-refractivity contribution in [2.45, 2.75) is 75.1 Å². The summed E-state index contributed by atoms with van der Waals surface area (Å²) in [6.07, 6.45) is 1.41. The van der Waals surface area contributed by atoms with Gasteiger partial charge in [0.2, 0.25) is 15.9 Å². The summed E-state index contributed by atoms with van der Waals surface area (Å²) in [5.41, 5.74) is 0.472. The average molecular weight is 547 g/mol. The van der Waals surface area contributed by atoms with E-state index in [2.05, 4.69) is 15.0 Å². The maximum absolute atomic E-state index is 13.5. The molecular formula is C24H36F2N4O6S. The van der Waals surface area contributed by atoms with Gasteiger partial charge in [0.15, 0.2) is 0 Å². The third kappa shape index (κ3) is 7.27. The molecular weight excluding hydrogens is 510 g/mol. The first-order valence-electron chi connectivity index (χ1n) is 12.8. The molecule has 0 radical (unpaired) electrons. The standard InChI is InChI=1S/C24H36F2N4O6S/c1-27-13-17-12-20(29-37(2,32)33)21-14-36-18-6-4-15(5-7-18)19-10-16(23(25)26)11-22(28-19)34-8-3-9-35-24(31)30(17)21/h10-11,15,17-18,20-21,23,27,29H,3-9,12-14H2,1-2H3. The highest BCUT2D eigenvalue weighted by Gasteiger charge is 2.46. The minimum Gasteiger partial charge on any atom is -0.478 e. The van der Waals surface area contributed by atoms with Gasteiger partial charge in [0.25, 0.3) is 6.43 Å². The summed E-state index contributed by atoms with van der Waals surface area (Å²) >= 11 is 0. The minimum atomic E-state index is -3.52. The Morgan fingerprint density at radius 1 is 1.16 bits per heavy atom. The number of carbonyl (C=O) groups is 1. The van der Waals surface area contributed by atoms with Crippen LogP contribution in [0.15, 0.2) is 12.1 Å². The van der Waals surface area contributed by atoms with Gasteiger partial charge in [-0.1, -0.05) is 0 Å². The van der Waals surface area contributed by atoms with E-state index in [1.807, 2.05) is 0 Å². The number of ether oxygens (including phenoxy) is 3. The van der Waals surface area contributed by atoms with Crippen molar-refractivity contribution in [3.63, 3.8) is 0 Å². The van der Waals surface area contributed by atoms with Crippen LogP contribution in [0.5, 0.6) is 5.88 Å². The molecule has 3 aliphatic heterocycles. The van der Waals surface area contributed by atoms with Crippen molar-refractivity contribution < 1.29 is 36.2 Å². The second-order valence-corrected chi connectivity index (χ2v) is 11.8. The van der Waals surface area contributed by atoms with Gasteiger partial charge in [0, 0.05) is 48.3 Å². The smallest absolute Gasteiger partial charge is 0.410 e. The summed E-state index contributed by atoms with van der Waals surface area (Å²) in [7, 11) is -1.75. The molecule has 4 heterocycles. The molecule has 2 fully saturated rings. The lowest BCUT2D eigenvalue weighted by Crippen LogP contribution is -2.51. The molecule has 1 saturated heterocycles. The zero-order valence-electron chi connectivity index (χ0n) is 21.2. The zero-order chi connectivity index (χ0) is 26.6. The van der Waals surface area contributed by atoms with Gasteiger partial charge < -0.3 is 19.5 Å². The topological polar surface area (TPSA) is 119 Å². The number of aromatic nitrogens is 1. The molecule has 3 unspecified atom stereocenters. The molecule has 0 spiro atoms. The number of alkyl halides is 2. The molecule has 37 heavy (non-hydrogen) atoms. The Kier molecular flexibility index (Phi) is 9.20. The number of amides is 1. The Morgan fingerprint density at radius 2 is 1.89 bits per heavy atom. The van der Waals surface area contributed by atoms with Crippen molar-refractivity contribution in [2.24, 2.45) is 0 Å². The number of nitrogens with one attached hydrogen (secondary N) is 2. The number of sulfonamides is 1. The zero-order valence-corrected chi connectivity index (χ0v) is 22.0. The van der Waals surface area contributed by atoms with E-state index >= 15 is 0 Å². The normalized spacial score (nSPS) is 29.5. The minimum absolute atomic E-state index is 0.0177. The Hall–Kier alpha value is -2.09. The molecule has 1 aromatic heterocycles. The summed E-state index contributed by atoms with van der Waals surface area (Å²) in [5.74, 6) is 0.161. The van der Waals surface area contributed by atoms with Crippen molar-refractivity contribution in [1.82, 2.24) is 19.9 Å². The van der Waals surface area contributed by atoms with Crippen LogP contribution in [-0.4, -0.2) is 88.3 Å². The number of hydrogen-bond acceptors (Lipinski definition) is 8. The van der Waals surface area contributed by atoms with Gasteiger partial charge in [-0.2, -0.15) is 0 Å². The van der Waals surface area contributed by atoms with Gasteiger partial charge in [-0.15, -0.1) is 0 Å². The monoisotopic (exact) mass is 546 g/mol. The van der Waals surface area contributed by atoms with E-state index in [-0.39, 0.29) is 49.3 Å². The fraction of sp³-hybridized carbons (Fsp3) is 0.750. The number of nitrogens with zero attached hydrogens (tertiary/aromatic N) is 2. The van der Waals surface area contributed by atoms with Crippen LogP contribution in [0.2, 0.25) is 0 Å². The van der Waals surface area contributed by atoms with E-state index in [1.54, 1.807) is 11.9 Å². The second-order valence-electron chi connectivity index (χ2n) is 10.0. The van der Waals surface area contributed by atoms with Gasteiger partial charge in [-0.3, -0.25) is 4.90 Å². The van der Waals surface area contributed by atoms with Crippen LogP contribution in [0.3, 0.4) is 0 Å². The van der Waals surface area contributed by atoms with Crippen LogP contribution >= 0.6 is 0 Å². The Labute approximate surface area is 216 Å². The quantitative estimate of drug-likeness (QED) is 0.579. The first-order valence-corrected chi connectivity index (χ1v) is 14.6. The molecule has 3 atom stereocenters. The van der Waals surface area contributed by atoms with E-state index in [1.165, 1.54) is 12.1 Å². The number of likely N-dealkylation sites (N-methyl/N-ethyl adjacent to an activating group) is 1. The number of carbonyl (C=O) groups excluding carboxylic acids is 1. The molecule has 1 amide bonds. The number of pyridine rings is 1. The second kappa shape index (κ2) is 12.2. The molecule has 1 saturated carbocycles. The van der Waals surface area contributed by atoms with Gasteiger partial charge in [0.1, 0.15) is 0 Å². The number of fused-ring (bicyclic) bond motifs is 8. The number of halogens is 2. The largest absolute Gasteiger partial charge is 0.478 e. The van der Waals surface area contributed by atoms with Gasteiger partial charge in [-0.25, -0.2) is 31.7 Å². The predicted molar refractivity (Wildman–Crippen MR) is 131 cm³/mol. The van der Waals surface area contributed by atoms with Gasteiger partial charge >= 0.3 is 6.09 Å². The maximum atomic E-state index is 13.5. The van der Waals surface area contributed by atoms with E-state index < -0.39 is 34.6 Å². The Bertz CT molecular complexity index is 1040. The molecule has 2 N–H and O–H groups in total. The number of hydrogen-bond donors (Lipinski definition) is 2. The van der Waals surface area contributed by atoms with Crippen molar-refractivity contribution in [1.29, 1.82) is 0 Å². The van der Waals surface area contributed by atoms with Crippen molar-refractivity contribution in [3.8, 4) is 5.88 Å². The average Bonchev–Trinajstić information content (AvgIpc) is 3.17. The molecule has 0 aromatic carbocycles. The first kappa shape index (κ1) is 27.9. The molecule has 4 aliphatic rings. The Balaban J connectivity index is 1.56. The predicted octanol–water partition coefficient (Wildman–Crippen LogP) is 2.56. The van der Waals surface area contributed by atoms with E-state index in [0.29, 0.717) is 50.8 Å². The van der Waals surface area contributed by atoms with Crippen molar-refractivity contribution in [3.05, 3.63) is 23.4 Å². The Morgan fingerprint density at radius 3 is 2.57 bits per heavy atom. The highest BCUT2D eigenvalue weighted by atomic mass is 32.2. The highest BCUT2D eigenvalue weighted by molar-refractivity contribution is 7.88. The molecule has 1 aromatic rings. The van der Waals surface area contributed by atoms with E-state index in [9.17, 15) is 22.0 Å². The molecule has 5 rings (SSSR count). The molecule has 208 valence electrons. The fourth-order valence-electron chi connectivity index (χ4n) is 5.51. The van der Waals surface area contributed by atoms with Crippen molar-refractivity contribution in [2.75, 3.05) is 39.7 Å². The first-order chi connectivity index (χ1) is 17.6. The SMILES string of the molecule is CNCC1CC(NS(C)(=O)=O)C2COC3CCC(CC3)c3cc(C(F)F)cc(n3)OCCCOC(=O)N12. The van der Waals surface area contributed by atoms with E-state index in [4.69, 9.17) is 14.2 Å². The van der Waals surface area contributed by atoms with Crippen LogP contribution in [0.4, 0.5) is 13.6 Å². The van der Waals surface area contributed by atoms with Gasteiger partial charge in [0.05, 0.1) is 38.2 Å². The summed E-state index contributed by atoms with van der Waals surface area (Å²) in [6, 6.07) is 1.39. The number of rotatable bonds is 5. The summed E-state index contributed by atoms with van der Waals surface area (Å²) < 4.78 is 71.3. The highest BCUT2D eigenvalue weighted by Crippen LogP contribution is 2.36. The fourth-order valence-corrected chi connectivity index (χ4v) is 6.32. The molecule has 13 heteroatoms. The third-order valence-electron chi connectivity index (χ3n) is 7.21. The lowest BCUT2D eigenvalue weighted by Gasteiger charge is -2.33. The van der Waals surface area contributed by atoms with Gasteiger partial charge in [-0.05, 0) is 45.2 Å². The van der Waals surface area contributed by atoms with Crippen molar-refractivity contribution >= 4 is 16.1 Å². The lowest BCUT2D eigenvalue weighted by atomic mass is 9.84. The third-order valence-corrected chi connectivity index (χ3v) is 7.94. The van der Waals surface area contributed by atoms with Crippen LogP contribution in [0.1, 0.15) is 62.1 Å². The summed E-state index contributed by atoms with van der Waals surface area (Å²) in [5, 5.41) is 3.07. The van der Waals surface area contributed by atoms with E-state index in [0.717, 1.165) is 6.26 Å². The van der Waals surface area contributed by atoms with Crippen LogP contribution in [-0.2, 0) is 19.5 Å². The van der Waals surface area contributed by atoms with Crippen LogP contribution < -0.4 is 14.8 Å². The maximum Gasteiger partial charge on any atom is 0.410 e. The van der Waals surface area contributed by atoms with Crippen LogP contribution in [0.25, 0.3) is 0 Å². The summed E-state index contributed by atoms with van der Waals surface area (Å²) in [6.45, 7) is 0.815. The molecule has 10 nitrogen and oxygen atoms in total. The van der Waals surface area contributed by atoms with Crippen LogP contribution in [0, 0.1) is 0 Å².